The Hall–Kier alpha value is -3.65. The van der Waals surface area contributed by atoms with E-state index in [0.29, 0.717) is 31.8 Å². The highest BCUT2D eigenvalue weighted by molar-refractivity contribution is 6.06. The number of ether oxygens (including phenoxy) is 3. The summed E-state index contributed by atoms with van der Waals surface area (Å²) < 4.78 is 16.4. The van der Waals surface area contributed by atoms with E-state index in [4.69, 9.17) is 19.3 Å². The average molecular weight is 464 g/mol. The summed E-state index contributed by atoms with van der Waals surface area (Å²) in [6, 6.07) is 17.6. The van der Waals surface area contributed by atoms with Gasteiger partial charge < -0.3 is 19.3 Å². The molecule has 2 heterocycles. The molecule has 2 aliphatic heterocycles. The number of hydrazone groups is 1. The van der Waals surface area contributed by atoms with Crippen LogP contribution in [0.2, 0.25) is 0 Å². The van der Waals surface area contributed by atoms with Crippen LogP contribution < -0.4 is 4.74 Å². The molecule has 0 fully saturated rings. The molecule has 2 atom stereocenters. The molecule has 2 aromatic carbocycles. The van der Waals surface area contributed by atoms with E-state index < -0.39 is 18.1 Å². The van der Waals surface area contributed by atoms with E-state index >= 15 is 0 Å². The molecule has 2 aromatic rings. The fraction of sp³-hybridized carbons (Fsp3) is 0.346. The van der Waals surface area contributed by atoms with Crippen molar-refractivity contribution in [3.63, 3.8) is 0 Å². The number of esters is 1. The van der Waals surface area contributed by atoms with Crippen molar-refractivity contribution in [2.75, 3.05) is 20.3 Å². The number of dihydropyridines is 1. The zero-order chi connectivity index (χ0) is 23.9. The summed E-state index contributed by atoms with van der Waals surface area (Å²) >= 11 is 0. The lowest BCUT2D eigenvalue weighted by Gasteiger charge is -2.28. The SMILES string of the molecule is CCOC(=O)C1=CC(O)=NC2C1C(CCOCc1ccccc1)=NN2Cc1ccc(OC)cc1. The minimum absolute atomic E-state index is 0.208. The third kappa shape index (κ3) is 5.46. The maximum absolute atomic E-state index is 12.7. The summed E-state index contributed by atoms with van der Waals surface area (Å²) in [6.45, 7) is 3.40. The summed E-state index contributed by atoms with van der Waals surface area (Å²) in [7, 11) is 1.62. The topological polar surface area (TPSA) is 93.0 Å². The summed E-state index contributed by atoms with van der Waals surface area (Å²) in [4.78, 5) is 17.1. The maximum atomic E-state index is 12.7. The van der Waals surface area contributed by atoms with Crippen molar-refractivity contribution in [1.29, 1.82) is 0 Å². The first-order chi connectivity index (χ1) is 16.6. The van der Waals surface area contributed by atoms with Crippen LogP contribution in [-0.4, -0.2) is 54.2 Å². The fourth-order valence-corrected chi connectivity index (χ4v) is 4.11. The number of carbonyl (C=O) groups excluding carboxylic acids is 1. The predicted molar refractivity (Wildman–Crippen MR) is 129 cm³/mol. The molecule has 2 unspecified atom stereocenters. The molecule has 0 saturated carbocycles. The first kappa shape index (κ1) is 23.5. The molecule has 1 N–H and O–H groups in total. The van der Waals surface area contributed by atoms with E-state index in [9.17, 15) is 9.90 Å². The smallest absolute Gasteiger partial charge is 0.335 e. The van der Waals surface area contributed by atoms with Gasteiger partial charge in [-0.15, -0.1) is 0 Å². The second kappa shape index (κ2) is 11.0. The largest absolute Gasteiger partial charge is 0.497 e. The molecule has 0 aromatic heterocycles. The number of rotatable bonds is 10. The number of carbonyl (C=O) groups is 1. The normalized spacial score (nSPS) is 19.1. The number of aliphatic imine (C=N–C) groups is 1. The number of hydrogen-bond donors (Lipinski definition) is 1. The van der Waals surface area contributed by atoms with Gasteiger partial charge in [0.25, 0.3) is 0 Å². The van der Waals surface area contributed by atoms with Gasteiger partial charge in [0, 0.05) is 12.5 Å². The van der Waals surface area contributed by atoms with Crippen molar-refractivity contribution in [2.45, 2.75) is 32.7 Å². The van der Waals surface area contributed by atoms with Crippen LogP contribution in [0.15, 0.2) is 76.3 Å². The van der Waals surface area contributed by atoms with Crippen molar-refractivity contribution in [3.8, 4) is 5.75 Å². The van der Waals surface area contributed by atoms with E-state index in [1.165, 1.54) is 6.08 Å². The monoisotopic (exact) mass is 463 g/mol. The van der Waals surface area contributed by atoms with Crippen LogP contribution in [0.4, 0.5) is 0 Å². The molecule has 0 bridgehead atoms. The van der Waals surface area contributed by atoms with Crippen molar-refractivity contribution < 1.29 is 24.1 Å². The molecular formula is C26H29N3O5. The first-order valence-corrected chi connectivity index (χ1v) is 11.3. The van der Waals surface area contributed by atoms with Gasteiger partial charge in [0.2, 0.25) is 5.90 Å². The van der Waals surface area contributed by atoms with Crippen LogP contribution in [0, 0.1) is 5.92 Å². The molecule has 2 aliphatic rings. The maximum Gasteiger partial charge on any atom is 0.335 e. The lowest BCUT2D eigenvalue weighted by atomic mass is 9.88. The summed E-state index contributed by atoms with van der Waals surface area (Å²) in [5.41, 5.74) is 3.24. The standard InChI is InChI=1S/C26H29N3O5/c1-3-34-26(31)21-15-23(30)27-25-24(21)22(13-14-33-17-19-7-5-4-6-8-19)28-29(25)16-18-9-11-20(32-2)12-10-18/h4-12,15,24-25H,3,13-14,16-17H2,1-2H3,(H,27,30). The van der Waals surface area contributed by atoms with Gasteiger partial charge in [-0.2, -0.15) is 5.10 Å². The quantitative estimate of drug-likeness (QED) is 0.425. The minimum Gasteiger partial charge on any atom is -0.497 e. The number of nitrogens with zero attached hydrogens (tertiary/aromatic N) is 3. The van der Waals surface area contributed by atoms with E-state index in [0.717, 1.165) is 22.6 Å². The van der Waals surface area contributed by atoms with Crippen LogP contribution >= 0.6 is 0 Å². The van der Waals surface area contributed by atoms with Crippen molar-refractivity contribution in [3.05, 3.63) is 77.4 Å². The Bertz CT molecular complexity index is 1080. The van der Waals surface area contributed by atoms with Gasteiger partial charge >= 0.3 is 5.97 Å². The molecule has 0 radical (unpaired) electrons. The molecule has 4 rings (SSSR count). The molecule has 0 aliphatic carbocycles. The van der Waals surface area contributed by atoms with Crippen molar-refractivity contribution in [1.82, 2.24) is 5.01 Å². The highest BCUT2D eigenvalue weighted by atomic mass is 16.5. The molecule has 8 heteroatoms. The molecule has 0 saturated heterocycles. The van der Waals surface area contributed by atoms with Crippen LogP contribution in [0.3, 0.4) is 0 Å². The lowest BCUT2D eigenvalue weighted by molar-refractivity contribution is -0.139. The van der Waals surface area contributed by atoms with E-state index in [1.807, 2.05) is 54.6 Å². The number of aliphatic hydroxyl groups is 1. The predicted octanol–water partition coefficient (Wildman–Crippen LogP) is 3.88. The molecule has 0 amide bonds. The minimum atomic E-state index is -0.532. The van der Waals surface area contributed by atoms with Crippen molar-refractivity contribution in [2.24, 2.45) is 16.0 Å². The fourth-order valence-electron chi connectivity index (χ4n) is 4.11. The highest BCUT2D eigenvalue weighted by Crippen LogP contribution is 2.35. The van der Waals surface area contributed by atoms with Crippen molar-refractivity contribution >= 4 is 17.6 Å². The van der Waals surface area contributed by atoms with Gasteiger partial charge in [-0.05, 0) is 30.2 Å². The van der Waals surface area contributed by atoms with Gasteiger partial charge in [0.15, 0.2) is 6.17 Å². The second-order valence-corrected chi connectivity index (χ2v) is 8.02. The molecule has 34 heavy (non-hydrogen) atoms. The van der Waals surface area contributed by atoms with Gasteiger partial charge in [0.1, 0.15) is 5.75 Å². The number of hydrogen-bond acceptors (Lipinski definition) is 7. The molecule has 0 spiro atoms. The number of benzene rings is 2. The van der Waals surface area contributed by atoms with E-state index in [1.54, 1.807) is 19.0 Å². The lowest BCUT2D eigenvalue weighted by Crippen LogP contribution is -2.38. The molecule has 178 valence electrons. The van der Waals surface area contributed by atoms with Gasteiger partial charge in [-0.3, -0.25) is 5.01 Å². The Morgan fingerprint density at radius 2 is 1.85 bits per heavy atom. The Balaban J connectivity index is 1.52. The van der Waals surface area contributed by atoms with Gasteiger partial charge in [-0.1, -0.05) is 42.5 Å². The Kier molecular flexibility index (Phi) is 7.59. The van der Waals surface area contributed by atoms with Crippen LogP contribution in [0.5, 0.6) is 5.75 Å². The Morgan fingerprint density at radius 3 is 2.56 bits per heavy atom. The Morgan fingerprint density at radius 1 is 1.09 bits per heavy atom. The zero-order valence-electron chi connectivity index (χ0n) is 19.4. The van der Waals surface area contributed by atoms with E-state index in [2.05, 4.69) is 4.99 Å². The molecule has 8 nitrogen and oxygen atoms in total. The highest BCUT2D eigenvalue weighted by Gasteiger charge is 2.44. The number of aliphatic hydroxyl groups excluding tert-OH is 1. The Labute approximate surface area is 199 Å². The zero-order valence-corrected chi connectivity index (χ0v) is 19.4. The van der Waals surface area contributed by atoms with Gasteiger partial charge in [0.05, 0.1) is 50.7 Å². The summed E-state index contributed by atoms with van der Waals surface area (Å²) in [6.07, 6.45) is 1.38. The third-order valence-corrected chi connectivity index (χ3v) is 5.73. The second-order valence-electron chi connectivity index (χ2n) is 8.02. The average Bonchev–Trinajstić information content (AvgIpc) is 3.19. The van der Waals surface area contributed by atoms with Crippen LogP contribution in [-0.2, 0) is 27.4 Å². The third-order valence-electron chi connectivity index (χ3n) is 5.73. The van der Waals surface area contributed by atoms with Gasteiger partial charge in [-0.25, -0.2) is 9.79 Å². The number of methoxy groups -OCH3 is 1. The summed E-state index contributed by atoms with van der Waals surface area (Å²) in [5.74, 6) is -0.318. The van der Waals surface area contributed by atoms with E-state index in [-0.39, 0.29) is 12.5 Å². The summed E-state index contributed by atoms with van der Waals surface area (Å²) in [5, 5.41) is 16.9. The first-order valence-electron chi connectivity index (χ1n) is 11.3. The van der Waals surface area contributed by atoms with Crippen LogP contribution in [0.1, 0.15) is 24.5 Å². The molecular weight excluding hydrogens is 434 g/mol. The number of fused-ring (bicyclic) bond motifs is 1. The van der Waals surface area contributed by atoms with Crippen LogP contribution in [0.25, 0.3) is 0 Å².